The normalized spacial score (nSPS) is 18.6. The molecule has 1 heterocycles. The van der Waals surface area contributed by atoms with Gasteiger partial charge in [-0.1, -0.05) is 12.1 Å². The van der Waals surface area contributed by atoms with Gasteiger partial charge >= 0.3 is 12.1 Å². The number of amides is 1. The van der Waals surface area contributed by atoms with Gasteiger partial charge in [0, 0.05) is 6.54 Å². The zero-order valence-corrected chi connectivity index (χ0v) is 14.1. The van der Waals surface area contributed by atoms with Crippen LogP contribution in [0.2, 0.25) is 0 Å². The van der Waals surface area contributed by atoms with Crippen LogP contribution in [0.25, 0.3) is 5.57 Å². The lowest BCUT2D eigenvalue weighted by atomic mass is 10.0. The Morgan fingerprint density at radius 2 is 1.92 bits per heavy atom. The number of hydrogen-bond donors (Lipinski definition) is 1. The second-order valence-corrected chi connectivity index (χ2v) is 6.78. The van der Waals surface area contributed by atoms with Gasteiger partial charge in [-0.3, -0.25) is 0 Å². The maximum atomic E-state index is 13.0. The third-order valence-corrected chi connectivity index (χ3v) is 3.67. The Labute approximate surface area is 140 Å². The van der Waals surface area contributed by atoms with Crippen LogP contribution in [0.4, 0.5) is 9.18 Å². The molecule has 0 saturated carbocycles. The highest BCUT2D eigenvalue weighted by atomic mass is 19.1. The van der Waals surface area contributed by atoms with Gasteiger partial charge in [0.05, 0.1) is 11.6 Å². The SMILES string of the molecule is CC(C)(C)OC(=O)N1CCCC1/C=C(\C(=O)O)c1ccc(F)cc1. The van der Waals surface area contributed by atoms with Gasteiger partial charge in [0.2, 0.25) is 0 Å². The van der Waals surface area contributed by atoms with E-state index in [1.165, 1.54) is 29.2 Å². The molecule has 1 saturated heterocycles. The summed E-state index contributed by atoms with van der Waals surface area (Å²) in [6.07, 6.45) is 2.53. The fourth-order valence-electron chi connectivity index (χ4n) is 2.63. The van der Waals surface area contributed by atoms with E-state index in [-0.39, 0.29) is 11.6 Å². The predicted octanol–water partition coefficient (Wildman–Crippen LogP) is 3.69. The molecule has 2 rings (SSSR count). The number of carboxylic acid groups (broad SMARTS) is 1. The van der Waals surface area contributed by atoms with Crippen molar-refractivity contribution in [3.05, 3.63) is 41.7 Å². The first-order chi connectivity index (χ1) is 11.2. The molecule has 0 bridgehead atoms. The Morgan fingerprint density at radius 3 is 2.46 bits per heavy atom. The van der Waals surface area contributed by atoms with Crippen molar-refractivity contribution in [2.75, 3.05) is 6.54 Å². The highest BCUT2D eigenvalue weighted by Crippen LogP contribution is 2.25. The second-order valence-electron chi connectivity index (χ2n) is 6.78. The first-order valence-corrected chi connectivity index (χ1v) is 7.88. The van der Waals surface area contributed by atoms with Gasteiger partial charge in [-0.2, -0.15) is 0 Å². The lowest BCUT2D eigenvalue weighted by molar-refractivity contribution is -0.130. The second kappa shape index (κ2) is 7.03. The lowest BCUT2D eigenvalue weighted by Gasteiger charge is -2.27. The fourth-order valence-corrected chi connectivity index (χ4v) is 2.63. The van der Waals surface area contributed by atoms with E-state index >= 15 is 0 Å². The van der Waals surface area contributed by atoms with Crippen molar-refractivity contribution in [2.45, 2.75) is 45.3 Å². The highest BCUT2D eigenvalue weighted by Gasteiger charge is 2.32. The molecule has 0 aliphatic carbocycles. The third-order valence-electron chi connectivity index (χ3n) is 3.67. The Hall–Kier alpha value is -2.37. The van der Waals surface area contributed by atoms with Crippen LogP contribution in [-0.4, -0.2) is 40.3 Å². The van der Waals surface area contributed by atoms with Crippen LogP contribution in [0.3, 0.4) is 0 Å². The molecule has 6 heteroatoms. The number of benzene rings is 1. The van der Waals surface area contributed by atoms with Gasteiger partial charge in [-0.25, -0.2) is 14.0 Å². The molecule has 0 radical (unpaired) electrons. The van der Waals surface area contributed by atoms with Crippen molar-refractivity contribution in [3.63, 3.8) is 0 Å². The molecule has 1 N–H and O–H groups in total. The van der Waals surface area contributed by atoms with Crippen molar-refractivity contribution >= 4 is 17.6 Å². The molecule has 1 aliphatic heterocycles. The summed E-state index contributed by atoms with van der Waals surface area (Å²) in [5.41, 5.74) is -0.157. The van der Waals surface area contributed by atoms with Gasteiger partial charge in [0.25, 0.3) is 0 Å². The molecule has 0 aromatic heterocycles. The summed E-state index contributed by atoms with van der Waals surface area (Å²) in [7, 11) is 0. The lowest BCUT2D eigenvalue weighted by Crippen LogP contribution is -2.39. The minimum atomic E-state index is -1.11. The number of carboxylic acids is 1. The number of rotatable bonds is 3. The van der Waals surface area contributed by atoms with E-state index in [0.717, 1.165) is 6.42 Å². The van der Waals surface area contributed by atoms with E-state index in [9.17, 15) is 19.1 Å². The minimum Gasteiger partial charge on any atom is -0.478 e. The molecular weight excluding hydrogens is 313 g/mol. The van der Waals surface area contributed by atoms with Crippen LogP contribution in [0.1, 0.15) is 39.2 Å². The van der Waals surface area contributed by atoms with Gasteiger partial charge in [-0.15, -0.1) is 0 Å². The number of aliphatic carboxylic acids is 1. The number of halogens is 1. The first kappa shape index (κ1) is 18.0. The standard InChI is InChI=1S/C18H22FNO4/c1-18(2,3)24-17(23)20-10-4-5-14(20)11-15(16(21)22)12-6-8-13(19)9-7-12/h6-9,11,14H,4-5,10H2,1-3H3,(H,21,22)/b15-11-. The van der Waals surface area contributed by atoms with Crippen LogP contribution in [-0.2, 0) is 9.53 Å². The van der Waals surface area contributed by atoms with E-state index in [0.29, 0.717) is 18.5 Å². The highest BCUT2D eigenvalue weighted by molar-refractivity contribution is 6.15. The van der Waals surface area contributed by atoms with E-state index in [1.54, 1.807) is 26.8 Å². The Balaban J connectivity index is 2.26. The Kier molecular flexibility index (Phi) is 5.26. The number of likely N-dealkylation sites (tertiary alicyclic amines) is 1. The van der Waals surface area contributed by atoms with E-state index in [4.69, 9.17) is 4.74 Å². The van der Waals surface area contributed by atoms with E-state index in [2.05, 4.69) is 0 Å². The first-order valence-electron chi connectivity index (χ1n) is 7.88. The number of carbonyl (C=O) groups is 2. The summed E-state index contributed by atoms with van der Waals surface area (Å²) in [5.74, 6) is -1.54. The molecule has 1 aromatic rings. The number of carbonyl (C=O) groups excluding carboxylic acids is 1. The van der Waals surface area contributed by atoms with Crippen LogP contribution in [0, 0.1) is 5.82 Å². The largest absolute Gasteiger partial charge is 0.478 e. The number of ether oxygens (including phenoxy) is 1. The van der Waals surface area contributed by atoms with E-state index in [1.807, 2.05) is 0 Å². The van der Waals surface area contributed by atoms with Gasteiger partial charge < -0.3 is 14.7 Å². The molecule has 5 nitrogen and oxygen atoms in total. The quantitative estimate of drug-likeness (QED) is 0.856. The molecule has 24 heavy (non-hydrogen) atoms. The molecule has 130 valence electrons. The summed E-state index contributed by atoms with van der Waals surface area (Å²) in [6.45, 7) is 5.87. The average molecular weight is 335 g/mol. The number of hydrogen-bond acceptors (Lipinski definition) is 3. The molecule has 1 aliphatic rings. The summed E-state index contributed by atoms with van der Waals surface area (Å²) < 4.78 is 18.4. The fraction of sp³-hybridized carbons (Fsp3) is 0.444. The van der Waals surface area contributed by atoms with Gasteiger partial charge in [-0.05, 0) is 57.4 Å². The topological polar surface area (TPSA) is 66.8 Å². The van der Waals surface area contributed by atoms with Crippen LogP contribution >= 0.6 is 0 Å². The van der Waals surface area contributed by atoms with Crippen molar-refractivity contribution in [3.8, 4) is 0 Å². The Bertz CT molecular complexity index is 646. The predicted molar refractivity (Wildman–Crippen MR) is 88.0 cm³/mol. The zero-order chi connectivity index (χ0) is 17.9. The van der Waals surface area contributed by atoms with Crippen LogP contribution in [0.15, 0.2) is 30.3 Å². The minimum absolute atomic E-state index is 0.0514. The molecule has 1 atom stereocenters. The van der Waals surface area contributed by atoms with Crippen molar-refractivity contribution in [2.24, 2.45) is 0 Å². The van der Waals surface area contributed by atoms with Crippen molar-refractivity contribution in [1.29, 1.82) is 0 Å². The maximum Gasteiger partial charge on any atom is 0.410 e. The summed E-state index contributed by atoms with van der Waals surface area (Å²) in [6, 6.07) is 4.92. The third kappa shape index (κ3) is 4.57. The van der Waals surface area contributed by atoms with Gasteiger partial charge in [0.1, 0.15) is 11.4 Å². The molecule has 1 aromatic carbocycles. The van der Waals surface area contributed by atoms with Crippen LogP contribution in [0.5, 0.6) is 0 Å². The van der Waals surface area contributed by atoms with Gasteiger partial charge in [0.15, 0.2) is 0 Å². The van der Waals surface area contributed by atoms with Crippen molar-refractivity contribution in [1.82, 2.24) is 4.90 Å². The Morgan fingerprint density at radius 1 is 1.29 bits per heavy atom. The number of nitrogens with zero attached hydrogens (tertiary/aromatic N) is 1. The smallest absolute Gasteiger partial charge is 0.410 e. The maximum absolute atomic E-state index is 13.0. The molecule has 1 amide bonds. The summed E-state index contributed by atoms with van der Waals surface area (Å²) >= 11 is 0. The summed E-state index contributed by atoms with van der Waals surface area (Å²) in [5, 5.41) is 9.47. The molecule has 0 spiro atoms. The monoisotopic (exact) mass is 335 g/mol. The average Bonchev–Trinajstić information content (AvgIpc) is 2.92. The van der Waals surface area contributed by atoms with Crippen molar-refractivity contribution < 1.29 is 23.8 Å². The summed E-state index contributed by atoms with van der Waals surface area (Å²) in [4.78, 5) is 25.4. The molecule has 1 unspecified atom stereocenters. The molecular formula is C18H22FNO4. The molecule has 1 fully saturated rings. The van der Waals surface area contributed by atoms with E-state index < -0.39 is 23.5 Å². The van der Waals surface area contributed by atoms with Crippen LogP contribution < -0.4 is 0 Å². The zero-order valence-electron chi connectivity index (χ0n) is 14.1.